The number of nitrogens with zero attached hydrogens (tertiary/aromatic N) is 2. The topological polar surface area (TPSA) is 55.5 Å². The molecule has 0 aliphatic carbocycles. The highest BCUT2D eigenvalue weighted by Gasteiger charge is 2.39. The van der Waals surface area contributed by atoms with E-state index in [0.29, 0.717) is 30.6 Å². The highest BCUT2D eigenvalue weighted by molar-refractivity contribution is 5.49. The summed E-state index contributed by atoms with van der Waals surface area (Å²) in [7, 11) is 1.66. The highest BCUT2D eigenvalue weighted by Crippen LogP contribution is 2.44. The van der Waals surface area contributed by atoms with Gasteiger partial charge in [0.25, 0.3) is 0 Å². The minimum atomic E-state index is -0.834. The van der Waals surface area contributed by atoms with Gasteiger partial charge >= 0.3 is 5.72 Å². The molecule has 0 amide bonds. The molecule has 0 aromatic heterocycles. The molecule has 31 heavy (non-hydrogen) atoms. The molecule has 6 nitrogen and oxygen atoms in total. The van der Waals surface area contributed by atoms with Crippen LogP contribution >= 0.6 is 0 Å². The third-order valence-corrected chi connectivity index (χ3v) is 6.31. The average Bonchev–Trinajstić information content (AvgIpc) is 2.70. The van der Waals surface area contributed by atoms with E-state index < -0.39 is 5.72 Å². The van der Waals surface area contributed by atoms with Crippen LogP contribution in [-0.2, 0) is 11.2 Å². The second-order valence-electron chi connectivity index (χ2n) is 10.5. The quantitative estimate of drug-likeness (QED) is 0.511. The van der Waals surface area contributed by atoms with Gasteiger partial charge in [0.2, 0.25) is 0 Å². The van der Waals surface area contributed by atoms with E-state index in [1.165, 1.54) is 11.1 Å². The number of methoxy groups -OCH3 is 1. The van der Waals surface area contributed by atoms with Crippen molar-refractivity contribution in [3.63, 3.8) is 0 Å². The van der Waals surface area contributed by atoms with E-state index in [-0.39, 0.29) is 17.6 Å². The summed E-state index contributed by atoms with van der Waals surface area (Å²) in [6, 6.07) is 4.39. The first kappa shape index (κ1) is 23.8. The molecule has 0 radical (unpaired) electrons. The van der Waals surface area contributed by atoms with Gasteiger partial charge in [0.1, 0.15) is 6.61 Å². The van der Waals surface area contributed by atoms with Gasteiger partial charge in [-0.1, -0.05) is 20.8 Å². The van der Waals surface area contributed by atoms with Gasteiger partial charge < -0.3 is 19.3 Å². The van der Waals surface area contributed by atoms with Crippen LogP contribution in [0.4, 0.5) is 0 Å². The van der Waals surface area contributed by atoms with Crippen LogP contribution in [0, 0.1) is 17.9 Å². The van der Waals surface area contributed by atoms with Crippen molar-refractivity contribution in [3.05, 3.63) is 34.7 Å². The summed E-state index contributed by atoms with van der Waals surface area (Å²) in [5.41, 5.74) is 1.89. The van der Waals surface area contributed by atoms with E-state index in [1.54, 1.807) is 21.0 Å². The maximum absolute atomic E-state index is 10.9. The molecular weight excluding hydrogens is 392 g/mol. The zero-order valence-corrected chi connectivity index (χ0v) is 19.9. The lowest BCUT2D eigenvalue weighted by molar-refractivity contribution is -0.0259. The molecule has 0 spiro atoms. The standard InChI is InChI=1S/C25H38N2O4/c1-24(2,3)15-18-16-27-9-8-17-12-23(30-10-11-31-25(4,5)26-6)22(29-7)13-19(17)20(27)14-21(18)28/h12-13,18,20-21,28H,8-11,14-16H2,1-5,7H3/t18-,20-,21-/m1/s1. The monoisotopic (exact) mass is 430 g/mol. The first-order chi connectivity index (χ1) is 14.5. The van der Waals surface area contributed by atoms with Gasteiger partial charge in [-0.3, -0.25) is 9.74 Å². The maximum atomic E-state index is 10.9. The van der Waals surface area contributed by atoms with Gasteiger partial charge in [-0.2, -0.15) is 0 Å². The van der Waals surface area contributed by atoms with E-state index in [1.807, 2.05) is 0 Å². The van der Waals surface area contributed by atoms with E-state index in [4.69, 9.17) is 20.8 Å². The third-order valence-electron chi connectivity index (χ3n) is 6.31. The Labute approximate surface area is 187 Å². The van der Waals surface area contributed by atoms with E-state index in [2.05, 4.69) is 42.6 Å². The number of hydrogen-bond acceptors (Lipinski definition) is 5. The van der Waals surface area contributed by atoms with Crippen LogP contribution in [0.3, 0.4) is 0 Å². The predicted octanol–water partition coefficient (Wildman–Crippen LogP) is 4.46. The number of aliphatic hydroxyl groups is 1. The van der Waals surface area contributed by atoms with Gasteiger partial charge in [0.05, 0.1) is 19.8 Å². The van der Waals surface area contributed by atoms with Crippen LogP contribution in [0.5, 0.6) is 11.5 Å². The van der Waals surface area contributed by atoms with Gasteiger partial charge in [-0.25, -0.2) is 6.57 Å². The van der Waals surface area contributed by atoms with Crippen molar-refractivity contribution >= 4 is 0 Å². The van der Waals surface area contributed by atoms with Crippen molar-refractivity contribution in [1.29, 1.82) is 0 Å². The molecule has 1 aromatic carbocycles. The molecule has 172 valence electrons. The van der Waals surface area contributed by atoms with Crippen molar-refractivity contribution in [1.82, 2.24) is 4.90 Å². The Balaban J connectivity index is 1.71. The van der Waals surface area contributed by atoms with Gasteiger partial charge in [-0.15, -0.1) is 0 Å². The van der Waals surface area contributed by atoms with Gasteiger partial charge in [0, 0.05) is 33.0 Å². The Kier molecular flexibility index (Phi) is 7.20. The Morgan fingerprint density at radius 3 is 2.55 bits per heavy atom. The Morgan fingerprint density at radius 1 is 1.16 bits per heavy atom. The van der Waals surface area contributed by atoms with Crippen LogP contribution in [0.1, 0.15) is 64.6 Å². The highest BCUT2D eigenvalue weighted by atomic mass is 16.6. The summed E-state index contributed by atoms with van der Waals surface area (Å²) in [6.07, 6.45) is 2.48. The lowest BCUT2D eigenvalue weighted by Gasteiger charge is -2.47. The molecule has 6 heteroatoms. The third kappa shape index (κ3) is 5.91. The second kappa shape index (κ2) is 9.36. The van der Waals surface area contributed by atoms with Crippen LogP contribution in [0.15, 0.2) is 12.1 Å². The Bertz CT molecular complexity index is 809. The van der Waals surface area contributed by atoms with Crippen molar-refractivity contribution < 1.29 is 19.3 Å². The lowest BCUT2D eigenvalue weighted by Crippen LogP contribution is -2.48. The minimum absolute atomic E-state index is 0.218. The van der Waals surface area contributed by atoms with E-state index >= 15 is 0 Å². The number of aliphatic hydroxyl groups excluding tert-OH is 1. The number of ether oxygens (including phenoxy) is 3. The fourth-order valence-electron chi connectivity index (χ4n) is 4.83. The van der Waals surface area contributed by atoms with Crippen molar-refractivity contribution in [3.8, 4) is 11.5 Å². The summed E-state index contributed by atoms with van der Waals surface area (Å²) >= 11 is 0. The number of hydrogen-bond donors (Lipinski definition) is 1. The molecule has 0 unspecified atom stereocenters. The second-order valence-corrected chi connectivity index (χ2v) is 10.5. The molecule has 3 rings (SSSR count). The van der Waals surface area contributed by atoms with Gasteiger partial charge in [-0.05, 0) is 53.9 Å². The predicted molar refractivity (Wildman–Crippen MR) is 121 cm³/mol. The van der Waals surface area contributed by atoms with Crippen LogP contribution < -0.4 is 9.47 Å². The SMILES string of the molecule is [C-]#[N+]C(C)(C)OCCOc1cc2c(cc1OC)[C@H]1C[C@@H](O)[C@H](CC(C)(C)C)CN1CC2. The van der Waals surface area contributed by atoms with Crippen LogP contribution in [0.2, 0.25) is 0 Å². The first-order valence-corrected chi connectivity index (χ1v) is 11.3. The van der Waals surface area contributed by atoms with Crippen molar-refractivity contribution in [2.75, 3.05) is 33.4 Å². The number of rotatable bonds is 7. The zero-order chi connectivity index (χ0) is 22.8. The van der Waals surface area contributed by atoms with Crippen LogP contribution in [0.25, 0.3) is 4.85 Å². The molecule has 0 bridgehead atoms. The van der Waals surface area contributed by atoms with E-state index in [9.17, 15) is 5.11 Å². The zero-order valence-electron chi connectivity index (χ0n) is 19.9. The molecule has 1 fully saturated rings. The Morgan fingerprint density at radius 2 is 1.90 bits per heavy atom. The Hall–Kier alpha value is -1.81. The fourth-order valence-corrected chi connectivity index (χ4v) is 4.83. The van der Waals surface area contributed by atoms with Gasteiger partial charge in [0.15, 0.2) is 11.5 Å². The smallest absolute Gasteiger partial charge is 0.331 e. The average molecular weight is 431 g/mol. The molecular formula is C25H38N2O4. The molecule has 0 saturated carbocycles. The largest absolute Gasteiger partial charge is 0.493 e. The molecule has 1 saturated heterocycles. The van der Waals surface area contributed by atoms with Crippen molar-refractivity contribution in [2.45, 2.75) is 71.8 Å². The van der Waals surface area contributed by atoms with Crippen LogP contribution in [-0.4, -0.2) is 55.2 Å². The van der Waals surface area contributed by atoms with Crippen molar-refractivity contribution in [2.24, 2.45) is 11.3 Å². The fraction of sp³-hybridized carbons (Fsp3) is 0.720. The summed E-state index contributed by atoms with van der Waals surface area (Å²) < 4.78 is 17.1. The molecule has 2 heterocycles. The maximum Gasteiger partial charge on any atom is 0.331 e. The van der Waals surface area contributed by atoms with E-state index in [0.717, 1.165) is 32.4 Å². The number of fused-ring (bicyclic) bond motifs is 3. The molecule has 1 N–H and O–H groups in total. The molecule has 2 aliphatic heterocycles. The number of piperidine rings is 1. The summed E-state index contributed by atoms with van der Waals surface area (Å²) in [6.45, 7) is 20.0. The summed E-state index contributed by atoms with van der Waals surface area (Å²) in [5.74, 6) is 1.74. The number of benzene rings is 1. The molecule has 1 aromatic rings. The first-order valence-electron chi connectivity index (χ1n) is 11.3. The summed E-state index contributed by atoms with van der Waals surface area (Å²) in [5, 5.41) is 10.9. The summed E-state index contributed by atoms with van der Waals surface area (Å²) in [4.78, 5) is 5.98. The lowest BCUT2D eigenvalue weighted by atomic mass is 9.75. The molecule has 3 atom stereocenters. The normalized spacial score (nSPS) is 24.1. The minimum Gasteiger partial charge on any atom is -0.493 e. The molecule has 2 aliphatic rings.